The van der Waals surface area contributed by atoms with Gasteiger partial charge in [-0.25, -0.2) is 8.42 Å². The lowest BCUT2D eigenvalue weighted by molar-refractivity contribution is -0.109. The molecule has 0 radical (unpaired) electrons. The molecule has 1 atom stereocenters. The van der Waals surface area contributed by atoms with Gasteiger partial charge in [-0.1, -0.05) is 24.6 Å². The molecule has 0 spiro atoms. The second-order valence-corrected chi connectivity index (χ2v) is 8.68. The average molecular weight is 350 g/mol. The van der Waals surface area contributed by atoms with Crippen LogP contribution < -0.4 is 0 Å². The molecular weight excluding hydrogens is 324 g/mol. The molecule has 0 aliphatic carbocycles. The molecule has 0 aromatic heterocycles. The molecule has 2 aliphatic heterocycles. The number of hydrogen-bond donors (Lipinski definition) is 0. The molecule has 1 aromatic rings. The summed E-state index contributed by atoms with van der Waals surface area (Å²) < 4.78 is 27.0. The number of likely N-dealkylation sites (tertiary alicyclic amines) is 1. The largest absolute Gasteiger partial charge is 0.303 e. The lowest BCUT2D eigenvalue weighted by Gasteiger charge is -2.44. The van der Waals surface area contributed by atoms with E-state index in [0.29, 0.717) is 36.5 Å². The van der Waals surface area contributed by atoms with Crippen molar-refractivity contribution in [1.82, 2.24) is 9.21 Å². The van der Waals surface area contributed by atoms with E-state index in [-0.39, 0.29) is 0 Å². The number of sulfonamides is 1. The van der Waals surface area contributed by atoms with Gasteiger partial charge < -0.3 is 4.79 Å². The van der Waals surface area contributed by atoms with Crippen LogP contribution in [0.5, 0.6) is 0 Å². The third kappa shape index (κ3) is 3.71. The molecule has 2 saturated heterocycles. The number of carbonyl (C=O) groups excluding carboxylic acids is 1. The Kier molecular flexibility index (Phi) is 5.69. The van der Waals surface area contributed by atoms with Crippen molar-refractivity contribution in [3.63, 3.8) is 0 Å². The molecule has 6 heteroatoms. The highest BCUT2D eigenvalue weighted by molar-refractivity contribution is 7.89. The summed E-state index contributed by atoms with van der Waals surface area (Å²) in [6.45, 7) is 2.16. The maximum absolute atomic E-state index is 12.7. The third-order valence-corrected chi connectivity index (χ3v) is 7.23. The maximum atomic E-state index is 12.7. The Morgan fingerprint density at radius 2 is 1.71 bits per heavy atom. The lowest BCUT2D eigenvalue weighted by Crippen LogP contribution is -2.51. The van der Waals surface area contributed by atoms with Crippen molar-refractivity contribution in [3.8, 4) is 0 Å². The molecule has 132 valence electrons. The molecule has 1 aromatic carbocycles. The zero-order valence-electron chi connectivity index (χ0n) is 14.0. The molecule has 24 heavy (non-hydrogen) atoms. The van der Waals surface area contributed by atoms with Crippen LogP contribution in [0, 0.1) is 0 Å². The van der Waals surface area contributed by atoms with Crippen molar-refractivity contribution in [2.24, 2.45) is 0 Å². The minimum atomic E-state index is -3.38. The van der Waals surface area contributed by atoms with Gasteiger partial charge in [0.05, 0.1) is 4.90 Å². The smallest absolute Gasteiger partial charge is 0.243 e. The minimum absolute atomic E-state index is 0.346. The second kappa shape index (κ2) is 7.76. The Balaban J connectivity index is 1.64. The normalized spacial score (nSPS) is 24.8. The summed E-state index contributed by atoms with van der Waals surface area (Å²) >= 11 is 0. The highest BCUT2D eigenvalue weighted by Crippen LogP contribution is 2.28. The molecule has 0 saturated carbocycles. The molecule has 0 amide bonds. The zero-order chi connectivity index (χ0) is 17.0. The number of aldehydes is 1. The van der Waals surface area contributed by atoms with E-state index in [2.05, 4.69) is 4.90 Å². The standard InChI is InChI=1S/C18H26N2O3S/c21-15-11-16-6-4-5-12-20(16)17-9-13-19(14-10-17)24(22,23)18-7-2-1-3-8-18/h1-3,7-8,15-17H,4-6,9-14H2. The number of nitrogens with zero attached hydrogens (tertiary/aromatic N) is 2. The quantitative estimate of drug-likeness (QED) is 0.765. The summed E-state index contributed by atoms with van der Waals surface area (Å²) in [6.07, 6.45) is 6.78. The third-order valence-electron chi connectivity index (χ3n) is 5.31. The van der Waals surface area contributed by atoms with E-state index in [9.17, 15) is 13.2 Å². The van der Waals surface area contributed by atoms with Crippen LogP contribution in [-0.4, -0.2) is 55.6 Å². The zero-order valence-corrected chi connectivity index (χ0v) is 14.8. The summed E-state index contributed by atoms with van der Waals surface area (Å²) in [5.74, 6) is 0. The van der Waals surface area contributed by atoms with Crippen molar-refractivity contribution in [2.45, 2.75) is 55.5 Å². The van der Waals surface area contributed by atoms with Crippen molar-refractivity contribution in [1.29, 1.82) is 0 Å². The fourth-order valence-corrected chi connectivity index (χ4v) is 5.51. The molecule has 0 bridgehead atoms. The summed E-state index contributed by atoms with van der Waals surface area (Å²) in [4.78, 5) is 13.8. The molecule has 1 unspecified atom stereocenters. The topological polar surface area (TPSA) is 57.7 Å². The second-order valence-electron chi connectivity index (χ2n) is 6.74. The van der Waals surface area contributed by atoms with Gasteiger partial charge in [-0.3, -0.25) is 4.90 Å². The molecule has 0 N–H and O–H groups in total. The molecule has 2 heterocycles. The van der Waals surface area contributed by atoms with E-state index in [4.69, 9.17) is 0 Å². The molecule has 2 fully saturated rings. The summed E-state index contributed by atoms with van der Waals surface area (Å²) in [6, 6.07) is 9.41. The van der Waals surface area contributed by atoms with Gasteiger partial charge in [0.2, 0.25) is 10.0 Å². The first kappa shape index (κ1) is 17.6. The number of hydrogen-bond acceptors (Lipinski definition) is 4. The van der Waals surface area contributed by atoms with Gasteiger partial charge in [0.1, 0.15) is 6.29 Å². The van der Waals surface area contributed by atoms with Gasteiger partial charge in [0.25, 0.3) is 0 Å². The van der Waals surface area contributed by atoms with Gasteiger partial charge in [-0.05, 0) is 44.4 Å². The number of benzene rings is 1. The monoisotopic (exact) mass is 350 g/mol. The van der Waals surface area contributed by atoms with Gasteiger partial charge >= 0.3 is 0 Å². The van der Waals surface area contributed by atoms with Crippen LogP contribution in [0.25, 0.3) is 0 Å². The Bertz CT molecular complexity index is 639. The molecular formula is C18H26N2O3S. The van der Waals surface area contributed by atoms with Crippen molar-refractivity contribution in [2.75, 3.05) is 19.6 Å². The van der Waals surface area contributed by atoms with Crippen LogP contribution in [0.1, 0.15) is 38.5 Å². The minimum Gasteiger partial charge on any atom is -0.303 e. The Hall–Kier alpha value is -1.24. The number of piperidine rings is 2. The molecule has 2 aliphatic rings. The molecule has 5 nitrogen and oxygen atoms in total. The van der Waals surface area contributed by atoms with Crippen LogP contribution in [-0.2, 0) is 14.8 Å². The van der Waals surface area contributed by atoms with E-state index in [1.54, 1.807) is 28.6 Å². The van der Waals surface area contributed by atoms with Crippen LogP contribution in [0.4, 0.5) is 0 Å². The summed E-state index contributed by atoms with van der Waals surface area (Å²) in [7, 11) is -3.38. The number of rotatable bonds is 5. The van der Waals surface area contributed by atoms with Crippen molar-refractivity contribution in [3.05, 3.63) is 30.3 Å². The van der Waals surface area contributed by atoms with E-state index >= 15 is 0 Å². The van der Waals surface area contributed by atoms with Crippen LogP contribution >= 0.6 is 0 Å². The Morgan fingerprint density at radius 3 is 2.38 bits per heavy atom. The fraction of sp³-hybridized carbons (Fsp3) is 0.611. The fourth-order valence-electron chi connectivity index (χ4n) is 4.02. The predicted octanol–water partition coefficient (Wildman–Crippen LogP) is 2.28. The van der Waals surface area contributed by atoms with E-state index < -0.39 is 10.0 Å². The molecule has 3 rings (SSSR count). The Morgan fingerprint density at radius 1 is 1.00 bits per heavy atom. The highest BCUT2D eigenvalue weighted by atomic mass is 32.2. The highest BCUT2D eigenvalue weighted by Gasteiger charge is 2.34. The van der Waals surface area contributed by atoms with Gasteiger partial charge in [-0.2, -0.15) is 4.31 Å². The maximum Gasteiger partial charge on any atom is 0.243 e. The van der Waals surface area contributed by atoms with Crippen LogP contribution in [0.3, 0.4) is 0 Å². The summed E-state index contributed by atoms with van der Waals surface area (Å²) in [5.41, 5.74) is 0. The average Bonchev–Trinajstić information content (AvgIpc) is 2.63. The van der Waals surface area contributed by atoms with Gasteiger partial charge in [-0.15, -0.1) is 0 Å². The van der Waals surface area contributed by atoms with E-state index in [0.717, 1.165) is 32.1 Å². The first-order valence-electron chi connectivity index (χ1n) is 8.87. The SMILES string of the molecule is O=CCC1CCCCN1C1CCN(S(=O)(=O)c2ccccc2)CC1. The van der Waals surface area contributed by atoms with Crippen LogP contribution in [0.2, 0.25) is 0 Å². The van der Waals surface area contributed by atoms with Crippen LogP contribution in [0.15, 0.2) is 35.2 Å². The van der Waals surface area contributed by atoms with E-state index in [1.807, 2.05) is 6.07 Å². The van der Waals surface area contributed by atoms with E-state index in [1.165, 1.54) is 12.8 Å². The van der Waals surface area contributed by atoms with Crippen molar-refractivity contribution >= 4 is 16.3 Å². The number of carbonyl (C=O) groups is 1. The first-order valence-corrected chi connectivity index (χ1v) is 10.3. The van der Waals surface area contributed by atoms with Gasteiger partial charge in [0.15, 0.2) is 0 Å². The first-order chi connectivity index (χ1) is 11.6. The predicted molar refractivity (Wildman–Crippen MR) is 93.2 cm³/mol. The lowest BCUT2D eigenvalue weighted by atomic mass is 9.94. The van der Waals surface area contributed by atoms with Gasteiger partial charge in [0, 0.05) is 31.6 Å². The summed E-state index contributed by atoms with van der Waals surface area (Å²) in [5, 5.41) is 0. The Labute approximate surface area is 144 Å². The van der Waals surface area contributed by atoms with Crippen molar-refractivity contribution < 1.29 is 13.2 Å².